The lowest BCUT2D eigenvalue weighted by molar-refractivity contribution is 0.631. The van der Waals surface area contributed by atoms with Crippen molar-refractivity contribution in [2.75, 3.05) is 7.05 Å². The van der Waals surface area contributed by atoms with Crippen LogP contribution >= 0.6 is 23.4 Å². The Morgan fingerprint density at radius 3 is 2.61 bits per heavy atom. The molecule has 4 heteroatoms. The number of nitrogens with zero attached hydrogens (tertiary/aromatic N) is 1. The molecule has 1 atom stereocenters. The van der Waals surface area contributed by atoms with Crippen LogP contribution in [0.15, 0.2) is 52.4 Å². The standard InChI is InChI=1S/C14H15ClN2S/c1-10(16-2)13-8-7-11(9-17-13)18-14-6-4-3-5-12(14)15/h3-10,16H,1-2H3. The second-order valence-electron chi connectivity index (χ2n) is 3.96. The van der Waals surface area contributed by atoms with Crippen molar-refractivity contribution in [3.63, 3.8) is 0 Å². The predicted molar refractivity (Wildman–Crippen MR) is 77.3 cm³/mol. The summed E-state index contributed by atoms with van der Waals surface area (Å²) in [6.07, 6.45) is 1.89. The number of aromatic nitrogens is 1. The summed E-state index contributed by atoms with van der Waals surface area (Å²) in [6.45, 7) is 2.09. The van der Waals surface area contributed by atoms with Gasteiger partial charge in [-0.25, -0.2) is 0 Å². The van der Waals surface area contributed by atoms with E-state index in [-0.39, 0.29) is 6.04 Å². The molecule has 0 fully saturated rings. The average molecular weight is 279 g/mol. The molecule has 0 saturated carbocycles. The van der Waals surface area contributed by atoms with Gasteiger partial charge in [0.15, 0.2) is 0 Å². The van der Waals surface area contributed by atoms with Crippen LogP contribution in [0.3, 0.4) is 0 Å². The number of benzene rings is 1. The van der Waals surface area contributed by atoms with Crippen LogP contribution in [0.5, 0.6) is 0 Å². The number of rotatable bonds is 4. The third-order valence-corrected chi connectivity index (χ3v) is 4.20. The minimum Gasteiger partial charge on any atom is -0.312 e. The van der Waals surface area contributed by atoms with Gasteiger partial charge in [0.2, 0.25) is 0 Å². The molecule has 1 aromatic carbocycles. The molecular formula is C14H15ClN2S. The summed E-state index contributed by atoms with van der Waals surface area (Å²) >= 11 is 7.75. The highest BCUT2D eigenvalue weighted by Crippen LogP contribution is 2.32. The number of hydrogen-bond donors (Lipinski definition) is 1. The zero-order chi connectivity index (χ0) is 13.0. The van der Waals surface area contributed by atoms with E-state index in [0.717, 1.165) is 20.5 Å². The largest absolute Gasteiger partial charge is 0.312 e. The van der Waals surface area contributed by atoms with E-state index < -0.39 is 0 Å². The Hall–Kier alpha value is -1.03. The third-order valence-electron chi connectivity index (χ3n) is 2.70. The Balaban J connectivity index is 2.14. The van der Waals surface area contributed by atoms with Gasteiger partial charge in [0, 0.05) is 22.0 Å². The third kappa shape index (κ3) is 3.25. The maximum absolute atomic E-state index is 6.13. The SMILES string of the molecule is CNC(C)c1ccc(Sc2ccccc2Cl)cn1. The van der Waals surface area contributed by atoms with Gasteiger partial charge in [-0.05, 0) is 38.2 Å². The quantitative estimate of drug-likeness (QED) is 0.909. The summed E-state index contributed by atoms with van der Waals surface area (Å²) in [5.41, 5.74) is 1.04. The molecule has 1 aromatic heterocycles. The predicted octanol–water partition coefficient (Wildman–Crippen LogP) is 4.17. The molecule has 2 aromatic rings. The van der Waals surface area contributed by atoms with Crippen molar-refractivity contribution >= 4 is 23.4 Å². The van der Waals surface area contributed by atoms with Gasteiger partial charge >= 0.3 is 0 Å². The van der Waals surface area contributed by atoms with Crippen molar-refractivity contribution in [1.82, 2.24) is 10.3 Å². The molecule has 1 unspecified atom stereocenters. The number of nitrogens with one attached hydrogen (secondary N) is 1. The van der Waals surface area contributed by atoms with E-state index >= 15 is 0 Å². The molecule has 0 bridgehead atoms. The van der Waals surface area contributed by atoms with Gasteiger partial charge in [0.05, 0.1) is 10.7 Å². The van der Waals surface area contributed by atoms with E-state index in [0.29, 0.717) is 0 Å². The molecule has 0 radical (unpaired) electrons. The van der Waals surface area contributed by atoms with E-state index in [2.05, 4.69) is 23.3 Å². The Kier molecular flexibility index (Phi) is 4.64. The molecule has 0 saturated heterocycles. The highest BCUT2D eigenvalue weighted by atomic mass is 35.5. The van der Waals surface area contributed by atoms with Crippen LogP contribution in [0.4, 0.5) is 0 Å². The van der Waals surface area contributed by atoms with Gasteiger partial charge in [-0.1, -0.05) is 35.5 Å². The topological polar surface area (TPSA) is 24.9 Å². The fraction of sp³-hybridized carbons (Fsp3) is 0.214. The van der Waals surface area contributed by atoms with Gasteiger partial charge in [-0.15, -0.1) is 0 Å². The zero-order valence-corrected chi connectivity index (χ0v) is 11.9. The van der Waals surface area contributed by atoms with Crippen molar-refractivity contribution < 1.29 is 0 Å². The molecule has 18 heavy (non-hydrogen) atoms. The van der Waals surface area contributed by atoms with Crippen molar-refractivity contribution in [2.24, 2.45) is 0 Å². The first-order chi connectivity index (χ1) is 8.70. The van der Waals surface area contributed by atoms with E-state index in [1.807, 2.05) is 43.6 Å². The van der Waals surface area contributed by atoms with E-state index in [1.165, 1.54) is 0 Å². The van der Waals surface area contributed by atoms with Crippen LogP contribution in [0.2, 0.25) is 5.02 Å². The van der Waals surface area contributed by atoms with Crippen molar-refractivity contribution in [2.45, 2.75) is 22.8 Å². The van der Waals surface area contributed by atoms with Crippen LogP contribution in [-0.4, -0.2) is 12.0 Å². The molecule has 0 amide bonds. The first-order valence-electron chi connectivity index (χ1n) is 5.76. The molecule has 1 N–H and O–H groups in total. The Labute approximate surface area is 117 Å². The Morgan fingerprint density at radius 1 is 1.22 bits per heavy atom. The van der Waals surface area contributed by atoms with Gasteiger partial charge in [0.1, 0.15) is 0 Å². The molecule has 0 spiro atoms. The smallest absolute Gasteiger partial charge is 0.0571 e. The molecule has 0 aliphatic carbocycles. The van der Waals surface area contributed by atoms with Gasteiger partial charge < -0.3 is 5.32 Å². The van der Waals surface area contributed by atoms with Crippen molar-refractivity contribution in [3.8, 4) is 0 Å². The first kappa shape index (κ1) is 13.4. The maximum Gasteiger partial charge on any atom is 0.0571 e. The highest BCUT2D eigenvalue weighted by molar-refractivity contribution is 7.99. The summed E-state index contributed by atoms with van der Waals surface area (Å²) in [5, 5.41) is 3.94. The molecule has 0 aliphatic heterocycles. The lowest BCUT2D eigenvalue weighted by Gasteiger charge is -2.10. The number of pyridine rings is 1. The minimum atomic E-state index is 0.268. The maximum atomic E-state index is 6.13. The normalized spacial score (nSPS) is 12.4. The first-order valence-corrected chi connectivity index (χ1v) is 6.95. The van der Waals surface area contributed by atoms with Gasteiger partial charge in [0.25, 0.3) is 0 Å². The molecule has 0 aliphatic rings. The summed E-state index contributed by atoms with van der Waals surface area (Å²) in [7, 11) is 1.93. The van der Waals surface area contributed by atoms with Crippen molar-refractivity contribution in [3.05, 3.63) is 53.3 Å². The van der Waals surface area contributed by atoms with E-state index in [9.17, 15) is 0 Å². The van der Waals surface area contributed by atoms with Crippen LogP contribution < -0.4 is 5.32 Å². The number of hydrogen-bond acceptors (Lipinski definition) is 3. The molecule has 94 valence electrons. The number of halogens is 1. The fourth-order valence-electron chi connectivity index (χ4n) is 1.51. The lowest BCUT2D eigenvalue weighted by Crippen LogP contribution is -2.13. The zero-order valence-electron chi connectivity index (χ0n) is 10.4. The fourth-order valence-corrected chi connectivity index (χ4v) is 2.57. The minimum absolute atomic E-state index is 0.268. The lowest BCUT2D eigenvalue weighted by atomic mass is 10.2. The summed E-state index contributed by atoms with van der Waals surface area (Å²) < 4.78 is 0. The summed E-state index contributed by atoms with van der Waals surface area (Å²) in [5.74, 6) is 0. The van der Waals surface area contributed by atoms with Crippen LogP contribution in [0.1, 0.15) is 18.7 Å². The van der Waals surface area contributed by atoms with E-state index in [1.54, 1.807) is 11.8 Å². The molecule has 2 nitrogen and oxygen atoms in total. The Bertz CT molecular complexity index is 513. The van der Waals surface area contributed by atoms with Crippen LogP contribution in [0.25, 0.3) is 0 Å². The highest BCUT2D eigenvalue weighted by Gasteiger charge is 2.05. The van der Waals surface area contributed by atoms with Gasteiger partial charge in [-0.3, -0.25) is 4.98 Å². The van der Waals surface area contributed by atoms with Crippen LogP contribution in [-0.2, 0) is 0 Å². The average Bonchev–Trinajstić information content (AvgIpc) is 2.41. The second kappa shape index (κ2) is 6.23. The van der Waals surface area contributed by atoms with Crippen molar-refractivity contribution in [1.29, 1.82) is 0 Å². The monoisotopic (exact) mass is 278 g/mol. The summed E-state index contributed by atoms with van der Waals surface area (Å²) in [6, 6.07) is 12.2. The molecule has 1 heterocycles. The van der Waals surface area contributed by atoms with Crippen LogP contribution in [0, 0.1) is 0 Å². The van der Waals surface area contributed by atoms with E-state index in [4.69, 9.17) is 11.6 Å². The Morgan fingerprint density at radius 2 is 2.00 bits per heavy atom. The summed E-state index contributed by atoms with van der Waals surface area (Å²) in [4.78, 5) is 6.59. The second-order valence-corrected chi connectivity index (χ2v) is 5.48. The molecule has 2 rings (SSSR count). The molecular weight excluding hydrogens is 264 g/mol. The van der Waals surface area contributed by atoms with Gasteiger partial charge in [-0.2, -0.15) is 0 Å².